The van der Waals surface area contributed by atoms with Gasteiger partial charge in [0.15, 0.2) is 4.60 Å². The smallest absolute Gasteiger partial charge is 0.153 e. The van der Waals surface area contributed by atoms with Crippen molar-refractivity contribution in [2.45, 2.75) is 12.5 Å². The predicted octanol–water partition coefficient (Wildman–Crippen LogP) is 1.46. The van der Waals surface area contributed by atoms with Gasteiger partial charge in [-0.05, 0) is 34.0 Å². The number of halogens is 2. The molecule has 1 heterocycles. The van der Waals surface area contributed by atoms with Crippen LogP contribution in [0.4, 0.5) is 4.39 Å². The van der Waals surface area contributed by atoms with E-state index < -0.39 is 0 Å². The van der Waals surface area contributed by atoms with Crippen LogP contribution < -0.4 is 11.3 Å². The van der Waals surface area contributed by atoms with Crippen molar-refractivity contribution in [3.63, 3.8) is 0 Å². The Hall–Kier alpha value is -1.31. The minimum absolute atomic E-state index is 0.246. The minimum atomic E-state index is -0.267. The van der Waals surface area contributed by atoms with E-state index in [1.807, 2.05) is 0 Å². The molecule has 7 heteroatoms. The molecule has 0 spiro atoms. The summed E-state index contributed by atoms with van der Waals surface area (Å²) in [6, 6.07) is 6.35. The van der Waals surface area contributed by atoms with Gasteiger partial charge in [-0.1, -0.05) is 23.4 Å². The fraction of sp³-hybridized carbons (Fsp3) is 0.273. The van der Waals surface area contributed by atoms with Crippen LogP contribution in [0.2, 0.25) is 0 Å². The molecule has 0 amide bonds. The SMILES string of the molecule is Cn1nnc(Br)c1C(Cc1ccccc1F)NN. The van der Waals surface area contributed by atoms with Crippen molar-refractivity contribution in [1.82, 2.24) is 20.4 Å². The van der Waals surface area contributed by atoms with E-state index >= 15 is 0 Å². The lowest BCUT2D eigenvalue weighted by molar-refractivity contribution is 0.493. The van der Waals surface area contributed by atoms with Crippen LogP contribution >= 0.6 is 15.9 Å². The van der Waals surface area contributed by atoms with Gasteiger partial charge in [-0.3, -0.25) is 11.3 Å². The van der Waals surface area contributed by atoms with E-state index in [2.05, 4.69) is 31.7 Å². The summed E-state index contributed by atoms with van der Waals surface area (Å²) in [6.45, 7) is 0. The second-order valence-corrected chi connectivity index (χ2v) is 4.66. The van der Waals surface area contributed by atoms with Crippen molar-refractivity contribution in [2.75, 3.05) is 0 Å². The highest BCUT2D eigenvalue weighted by molar-refractivity contribution is 9.10. The van der Waals surface area contributed by atoms with Crippen molar-refractivity contribution >= 4 is 15.9 Å². The molecule has 0 fully saturated rings. The maximum absolute atomic E-state index is 13.6. The number of nitrogens with zero attached hydrogens (tertiary/aromatic N) is 3. The molecule has 5 nitrogen and oxygen atoms in total. The second-order valence-electron chi connectivity index (χ2n) is 3.90. The van der Waals surface area contributed by atoms with Gasteiger partial charge in [0.2, 0.25) is 0 Å². The van der Waals surface area contributed by atoms with Crippen LogP contribution in [0, 0.1) is 5.82 Å². The third kappa shape index (κ3) is 2.58. The standard InChI is InChI=1S/C11H13BrFN5/c1-18-10(11(12)16-17-18)9(15-14)6-7-4-2-3-5-8(7)13/h2-5,9,15H,6,14H2,1H3. The monoisotopic (exact) mass is 313 g/mol. The number of benzene rings is 1. The molecule has 96 valence electrons. The number of aryl methyl sites for hydroxylation is 1. The first-order valence-electron chi connectivity index (χ1n) is 5.38. The summed E-state index contributed by atoms with van der Waals surface area (Å²) in [5.41, 5.74) is 4.03. The summed E-state index contributed by atoms with van der Waals surface area (Å²) in [4.78, 5) is 0. The van der Waals surface area contributed by atoms with Crippen molar-refractivity contribution in [3.8, 4) is 0 Å². The third-order valence-corrected chi connectivity index (χ3v) is 3.30. The Balaban J connectivity index is 2.28. The van der Waals surface area contributed by atoms with Gasteiger partial charge in [-0.25, -0.2) is 9.07 Å². The van der Waals surface area contributed by atoms with Gasteiger partial charge in [-0.2, -0.15) is 0 Å². The molecule has 0 aliphatic rings. The lowest BCUT2D eigenvalue weighted by Gasteiger charge is -2.16. The van der Waals surface area contributed by atoms with Crippen LogP contribution in [0.1, 0.15) is 17.3 Å². The maximum Gasteiger partial charge on any atom is 0.153 e. The predicted molar refractivity (Wildman–Crippen MR) is 68.9 cm³/mol. The average molecular weight is 314 g/mol. The number of hydrogen-bond donors (Lipinski definition) is 2. The summed E-state index contributed by atoms with van der Waals surface area (Å²) in [5, 5.41) is 7.77. The van der Waals surface area contributed by atoms with Gasteiger partial charge in [-0.15, -0.1) is 5.10 Å². The van der Waals surface area contributed by atoms with Crippen LogP contribution in [0.3, 0.4) is 0 Å². The van der Waals surface area contributed by atoms with Gasteiger partial charge < -0.3 is 0 Å². The van der Waals surface area contributed by atoms with Gasteiger partial charge in [0.1, 0.15) is 5.82 Å². The first-order chi connectivity index (χ1) is 8.63. The molecule has 1 atom stereocenters. The van der Waals surface area contributed by atoms with Crippen LogP contribution in [0.15, 0.2) is 28.9 Å². The third-order valence-electron chi connectivity index (χ3n) is 2.74. The molecule has 0 radical (unpaired) electrons. The quantitative estimate of drug-likeness (QED) is 0.662. The van der Waals surface area contributed by atoms with Crippen molar-refractivity contribution in [1.29, 1.82) is 0 Å². The maximum atomic E-state index is 13.6. The minimum Gasteiger partial charge on any atom is -0.271 e. The average Bonchev–Trinajstić information content (AvgIpc) is 2.69. The molecule has 0 aliphatic carbocycles. The molecule has 1 aromatic heterocycles. The van der Waals surface area contributed by atoms with E-state index in [4.69, 9.17) is 5.84 Å². The van der Waals surface area contributed by atoms with Crippen LogP contribution in [0.5, 0.6) is 0 Å². The van der Waals surface area contributed by atoms with E-state index in [1.165, 1.54) is 6.07 Å². The largest absolute Gasteiger partial charge is 0.271 e. The Bertz CT molecular complexity index is 522. The molecule has 1 unspecified atom stereocenters. The van der Waals surface area contributed by atoms with Crippen molar-refractivity contribution in [2.24, 2.45) is 12.9 Å². The summed E-state index contributed by atoms with van der Waals surface area (Å²) in [6.07, 6.45) is 0.420. The lowest BCUT2D eigenvalue weighted by Crippen LogP contribution is -2.31. The second kappa shape index (κ2) is 5.55. The zero-order chi connectivity index (χ0) is 13.1. The molecule has 0 saturated carbocycles. The van der Waals surface area contributed by atoms with E-state index in [9.17, 15) is 4.39 Å². The summed E-state index contributed by atoms with van der Waals surface area (Å²) in [7, 11) is 1.76. The highest BCUT2D eigenvalue weighted by Gasteiger charge is 2.20. The van der Waals surface area contributed by atoms with E-state index in [0.29, 0.717) is 16.6 Å². The number of aromatic nitrogens is 3. The zero-order valence-corrected chi connectivity index (χ0v) is 11.4. The molecule has 2 rings (SSSR count). The van der Waals surface area contributed by atoms with Gasteiger partial charge >= 0.3 is 0 Å². The van der Waals surface area contributed by atoms with E-state index in [0.717, 1.165) is 5.69 Å². The molecular weight excluding hydrogens is 301 g/mol. The lowest BCUT2D eigenvalue weighted by atomic mass is 10.0. The molecule has 1 aromatic carbocycles. The Kier molecular flexibility index (Phi) is 4.05. The molecular formula is C11H13BrFN5. The number of nitrogens with two attached hydrogens (primary N) is 1. The fourth-order valence-corrected chi connectivity index (χ4v) is 2.43. The molecule has 3 N–H and O–H groups in total. The number of rotatable bonds is 4. The molecule has 0 bridgehead atoms. The van der Waals surface area contributed by atoms with E-state index in [1.54, 1.807) is 29.9 Å². The summed E-state index contributed by atoms with van der Waals surface area (Å²) >= 11 is 3.31. The number of nitrogens with one attached hydrogen (secondary N) is 1. The highest BCUT2D eigenvalue weighted by Crippen LogP contribution is 2.24. The fourth-order valence-electron chi connectivity index (χ4n) is 1.83. The Morgan fingerprint density at radius 1 is 1.50 bits per heavy atom. The van der Waals surface area contributed by atoms with Crippen molar-refractivity contribution < 1.29 is 4.39 Å². The van der Waals surface area contributed by atoms with Gasteiger partial charge in [0, 0.05) is 7.05 Å². The number of hydrazine groups is 1. The van der Waals surface area contributed by atoms with Gasteiger partial charge in [0.25, 0.3) is 0 Å². The first-order valence-corrected chi connectivity index (χ1v) is 6.17. The zero-order valence-electron chi connectivity index (χ0n) is 9.77. The Morgan fingerprint density at radius 2 is 2.22 bits per heavy atom. The number of hydrogen-bond acceptors (Lipinski definition) is 4. The van der Waals surface area contributed by atoms with Crippen LogP contribution in [0.25, 0.3) is 0 Å². The summed E-state index contributed by atoms with van der Waals surface area (Å²) < 4.78 is 15.8. The van der Waals surface area contributed by atoms with Crippen LogP contribution in [-0.2, 0) is 13.5 Å². The Morgan fingerprint density at radius 3 is 2.78 bits per heavy atom. The molecule has 0 saturated heterocycles. The Labute approximate surface area is 112 Å². The van der Waals surface area contributed by atoms with Crippen molar-refractivity contribution in [3.05, 3.63) is 45.9 Å². The van der Waals surface area contributed by atoms with E-state index in [-0.39, 0.29) is 11.9 Å². The van der Waals surface area contributed by atoms with Crippen LogP contribution in [-0.4, -0.2) is 15.0 Å². The highest BCUT2D eigenvalue weighted by atomic mass is 79.9. The van der Waals surface area contributed by atoms with Gasteiger partial charge in [0.05, 0.1) is 11.7 Å². The molecule has 2 aromatic rings. The first kappa shape index (κ1) is 13.1. The topological polar surface area (TPSA) is 68.8 Å². The normalized spacial score (nSPS) is 12.7. The summed E-state index contributed by atoms with van der Waals surface area (Å²) in [5.74, 6) is 5.29. The molecule has 0 aliphatic heterocycles. The molecule has 18 heavy (non-hydrogen) atoms.